The van der Waals surface area contributed by atoms with Crippen LogP contribution in [0.2, 0.25) is 0 Å². The molecule has 0 bridgehead atoms. The van der Waals surface area contributed by atoms with Crippen molar-refractivity contribution in [3.63, 3.8) is 0 Å². The van der Waals surface area contributed by atoms with Gasteiger partial charge < -0.3 is 25.2 Å². The predicted molar refractivity (Wildman–Crippen MR) is 123 cm³/mol. The first-order valence-electron chi connectivity index (χ1n) is 10.3. The zero-order valence-electron chi connectivity index (χ0n) is 19.0. The number of carbonyl (C=O) groups excluding carboxylic acids is 1. The van der Waals surface area contributed by atoms with Crippen LogP contribution in [-0.2, 0) is 0 Å². The number of nitrogens with zero attached hydrogens (tertiary/aromatic N) is 1. The van der Waals surface area contributed by atoms with Gasteiger partial charge in [-0.25, -0.2) is 4.79 Å². The minimum atomic E-state index is -0.231. The number of urea groups is 1. The number of anilines is 1. The summed E-state index contributed by atoms with van der Waals surface area (Å²) in [5.74, 6) is 2.30. The van der Waals surface area contributed by atoms with E-state index in [0.717, 1.165) is 56.5 Å². The highest BCUT2D eigenvalue weighted by Crippen LogP contribution is 2.35. The average molecular weight is 423 g/mol. The lowest BCUT2D eigenvalue weighted by Gasteiger charge is -2.16. The van der Waals surface area contributed by atoms with E-state index in [1.807, 2.05) is 65.9 Å². The number of rotatable bonds is 7. The summed E-state index contributed by atoms with van der Waals surface area (Å²) in [4.78, 5) is 12.0. The van der Waals surface area contributed by atoms with Crippen LogP contribution >= 0.6 is 0 Å². The molecule has 1 heterocycles. The molecule has 164 valence electrons. The van der Waals surface area contributed by atoms with Gasteiger partial charge in [0.25, 0.3) is 0 Å². The Hall–Kier alpha value is -3.32. The molecule has 0 aliphatic carbocycles. The van der Waals surface area contributed by atoms with Gasteiger partial charge in [0.15, 0.2) is 0 Å². The maximum Gasteiger partial charge on any atom is 0.319 e. The summed E-state index contributed by atoms with van der Waals surface area (Å²) in [6.45, 7) is 11.1. The van der Waals surface area contributed by atoms with Crippen molar-refractivity contribution in [2.45, 2.75) is 34.6 Å². The lowest BCUT2D eigenvalue weighted by Crippen LogP contribution is -2.33. The highest BCUT2D eigenvalue weighted by molar-refractivity contribution is 5.89. The maximum atomic E-state index is 12.0. The van der Waals surface area contributed by atoms with Crippen LogP contribution in [0, 0.1) is 34.6 Å². The van der Waals surface area contributed by atoms with Gasteiger partial charge in [-0.15, -0.1) is 0 Å². The summed E-state index contributed by atoms with van der Waals surface area (Å²) in [5.41, 5.74) is 6.54. The van der Waals surface area contributed by atoms with Crippen molar-refractivity contribution in [3.05, 3.63) is 58.5 Å². The lowest BCUT2D eigenvalue weighted by atomic mass is 10.0. The normalized spacial score (nSPS) is 10.8. The molecule has 3 rings (SSSR count). The van der Waals surface area contributed by atoms with Gasteiger partial charge in [-0.2, -0.15) is 0 Å². The molecule has 31 heavy (non-hydrogen) atoms. The summed E-state index contributed by atoms with van der Waals surface area (Å²) in [5, 5.41) is 12.7. The highest BCUT2D eigenvalue weighted by Gasteiger charge is 2.15. The maximum absolute atomic E-state index is 12.0. The number of aryl methyl sites for hydroxylation is 5. The third kappa shape index (κ3) is 5.44. The molecule has 0 unspecified atom stereocenters. The molecule has 7 nitrogen and oxygen atoms in total. The molecule has 3 N–H and O–H groups in total. The topological polar surface area (TPSA) is 88.4 Å². The van der Waals surface area contributed by atoms with E-state index >= 15 is 0 Å². The molecule has 1 aromatic heterocycles. The molecule has 2 amide bonds. The quantitative estimate of drug-likeness (QED) is 0.466. The Bertz CT molecular complexity index is 1050. The Morgan fingerprint density at radius 3 is 2.32 bits per heavy atom. The molecule has 0 saturated carbocycles. The van der Waals surface area contributed by atoms with Crippen molar-refractivity contribution >= 4 is 11.7 Å². The molecule has 0 fully saturated rings. The molecule has 0 saturated heterocycles. The molecule has 0 spiro atoms. The van der Waals surface area contributed by atoms with Crippen LogP contribution in [-0.4, -0.2) is 31.3 Å². The number of likely N-dealkylation sites (N-methyl/N-ethyl adjacent to an activating group) is 1. The monoisotopic (exact) mass is 422 g/mol. The Morgan fingerprint density at radius 1 is 1.00 bits per heavy atom. The third-order valence-electron chi connectivity index (χ3n) is 4.97. The number of aromatic nitrogens is 1. The first-order valence-corrected chi connectivity index (χ1v) is 10.3. The second-order valence-corrected chi connectivity index (χ2v) is 7.76. The predicted octanol–water partition coefficient (Wildman–Crippen LogP) is 5.02. The summed E-state index contributed by atoms with van der Waals surface area (Å²) in [6.07, 6.45) is 0. The second-order valence-electron chi connectivity index (χ2n) is 7.76. The number of amides is 2. The fourth-order valence-corrected chi connectivity index (χ4v) is 3.62. The zero-order chi connectivity index (χ0) is 22.5. The van der Waals surface area contributed by atoms with Crippen LogP contribution in [0.4, 0.5) is 10.5 Å². The van der Waals surface area contributed by atoms with E-state index in [9.17, 15) is 4.79 Å². The Labute approximate surface area is 183 Å². The first-order chi connectivity index (χ1) is 14.8. The number of hydrogen-bond donors (Lipinski definition) is 3. The van der Waals surface area contributed by atoms with Crippen LogP contribution in [0.3, 0.4) is 0 Å². The second kappa shape index (κ2) is 9.66. The lowest BCUT2D eigenvalue weighted by molar-refractivity contribution is 0.252. The van der Waals surface area contributed by atoms with Crippen molar-refractivity contribution in [1.82, 2.24) is 15.8 Å². The summed E-state index contributed by atoms with van der Waals surface area (Å²) in [6, 6.07) is 9.68. The van der Waals surface area contributed by atoms with Crippen LogP contribution in [0.15, 0.2) is 34.9 Å². The largest absolute Gasteiger partial charge is 0.457 e. The van der Waals surface area contributed by atoms with Crippen LogP contribution in [0.25, 0.3) is 11.1 Å². The van der Waals surface area contributed by atoms with Gasteiger partial charge in [0.05, 0.1) is 5.69 Å². The van der Waals surface area contributed by atoms with E-state index in [1.54, 1.807) is 0 Å². The molecule has 3 aromatic rings. The molecule has 0 aliphatic heterocycles. The molecule has 0 radical (unpaired) electrons. The minimum absolute atomic E-state index is 0.231. The Balaban J connectivity index is 1.82. The van der Waals surface area contributed by atoms with Gasteiger partial charge in [0.2, 0.25) is 0 Å². The van der Waals surface area contributed by atoms with Crippen molar-refractivity contribution in [1.29, 1.82) is 0 Å². The number of benzene rings is 2. The Morgan fingerprint density at radius 2 is 1.71 bits per heavy atom. The van der Waals surface area contributed by atoms with Gasteiger partial charge in [-0.05, 0) is 88.2 Å². The van der Waals surface area contributed by atoms with Gasteiger partial charge in [0, 0.05) is 24.3 Å². The van der Waals surface area contributed by atoms with Crippen molar-refractivity contribution in [3.8, 4) is 22.6 Å². The van der Waals surface area contributed by atoms with Gasteiger partial charge in [0.1, 0.15) is 17.3 Å². The molecule has 0 aliphatic rings. The first kappa shape index (κ1) is 22.4. The van der Waals surface area contributed by atoms with Crippen LogP contribution in [0.5, 0.6) is 11.5 Å². The standard InChI is InChI=1S/C24H30N4O3/c1-14-9-19(22-17(4)28-31-18(22)5)13-21(10-14)30-23-15(2)11-20(12-16(23)3)27-24(29)26-8-7-25-6/h9-13,25H,7-8H2,1-6H3,(H2,26,27,29). The number of nitrogens with one attached hydrogen (secondary N) is 3. The van der Waals surface area contributed by atoms with Crippen molar-refractivity contribution in [2.24, 2.45) is 0 Å². The van der Waals surface area contributed by atoms with E-state index in [1.165, 1.54) is 0 Å². The van der Waals surface area contributed by atoms with E-state index < -0.39 is 0 Å². The van der Waals surface area contributed by atoms with Crippen molar-refractivity contribution < 1.29 is 14.1 Å². The molecular weight excluding hydrogens is 392 g/mol. The van der Waals surface area contributed by atoms with Gasteiger partial charge in [-0.1, -0.05) is 11.2 Å². The Kier molecular flexibility index (Phi) is 6.97. The molecule has 2 aromatic carbocycles. The van der Waals surface area contributed by atoms with E-state index in [2.05, 4.69) is 27.2 Å². The number of hydrogen-bond acceptors (Lipinski definition) is 5. The van der Waals surface area contributed by atoms with E-state index in [4.69, 9.17) is 9.26 Å². The van der Waals surface area contributed by atoms with Crippen LogP contribution in [0.1, 0.15) is 28.1 Å². The fourth-order valence-electron chi connectivity index (χ4n) is 3.62. The highest BCUT2D eigenvalue weighted by atomic mass is 16.5. The van der Waals surface area contributed by atoms with Gasteiger partial charge >= 0.3 is 6.03 Å². The molecule has 0 atom stereocenters. The fraction of sp³-hybridized carbons (Fsp3) is 0.333. The zero-order valence-corrected chi connectivity index (χ0v) is 19.0. The van der Waals surface area contributed by atoms with Gasteiger partial charge in [-0.3, -0.25) is 0 Å². The summed E-state index contributed by atoms with van der Waals surface area (Å²) >= 11 is 0. The van der Waals surface area contributed by atoms with E-state index in [-0.39, 0.29) is 6.03 Å². The molecule has 7 heteroatoms. The smallest absolute Gasteiger partial charge is 0.319 e. The summed E-state index contributed by atoms with van der Waals surface area (Å²) < 4.78 is 11.6. The number of ether oxygens (including phenoxy) is 1. The number of carbonyl (C=O) groups is 1. The summed E-state index contributed by atoms with van der Waals surface area (Å²) in [7, 11) is 1.84. The van der Waals surface area contributed by atoms with Crippen molar-refractivity contribution in [2.75, 3.05) is 25.5 Å². The van der Waals surface area contributed by atoms with E-state index in [0.29, 0.717) is 13.1 Å². The minimum Gasteiger partial charge on any atom is -0.457 e. The third-order valence-corrected chi connectivity index (χ3v) is 4.97. The molecular formula is C24H30N4O3. The van der Waals surface area contributed by atoms with Crippen LogP contribution < -0.4 is 20.7 Å². The average Bonchev–Trinajstić information content (AvgIpc) is 3.03. The SMILES string of the molecule is CNCCNC(=O)Nc1cc(C)c(Oc2cc(C)cc(-c3c(C)noc3C)c2)c(C)c1.